The zero-order valence-electron chi connectivity index (χ0n) is 11.7. The Labute approximate surface area is 121 Å². The first-order valence-corrected chi connectivity index (χ1v) is 7.24. The summed E-state index contributed by atoms with van der Waals surface area (Å²) < 4.78 is 0. The van der Waals surface area contributed by atoms with Crippen molar-refractivity contribution in [3.8, 4) is 0 Å². The lowest BCUT2D eigenvalue weighted by Gasteiger charge is -2.31. The van der Waals surface area contributed by atoms with Gasteiger partial charge in [0.25, 0.3) is 5.91 Å². The lowest BCUT2D eigenvalue weighted by Crippen LogP contribution is -2.37. The molecular weight excluding hydrogens is 256 g/mol. The molecular formula is C15H22N2OS. The summed E-state index contributed by atoms with van der Waals surface area (Å²) in [5.41, 5.74) is 0.725. The Morgan fingerprint density at radius 1 is 1.42 bits per heavy atom. The van der Waals surface area contributed by atoms with E-state index in [1.165, 1.54) is 12.8 Å². The van der Waals surface area contributed by atoms with Gasteiger partial charge in [-0.2, -0.15) is 0 Å². The van der Waals surface area contributed by atoms with Crippen LogP contribution in [0, 0.1) is 5.92 Å². The third-order valence-corrected chi connectivity index (χ3v) is 4.09. The van der Waals surface area contributed by atoms with Crippen LogP contribution in [0.2, 0.25) is 0 Å². The maximum absolute atomic E-state index is 12.3. The highest BCUT2D eigenvalue weighted by atomic mass is 32.1. The Morgan fingerprint density at radius 3 is 2.74 bits per heavy atom. The molecule has 0 spiro atoms. The highest BCUT2D eigenvalue weighted by Gasteiger charge is 2.20. The number of rotatable bonds is 3. The van der Waals surface area contributed by atoms with Gasteiger partial charge in [0.1, 0.15) is 0 Å². The number of hydrogen-bond acceptors (Lipinski definition) is 3. The smallest absolute Gasteiger partial charge is 0.253 e. The Bertz CT molecular complexity index is 442. The first-order chi connectivity index (χ1) is 9.06. The van der Waals surface area contributed by atoms with Crippen LogP contribution < -0.4 is 0 Å². The van der Waals surface area contributed by atoms with Crippen molar-refractivity contribution >= 4 is 18.5 Å². The summed E-state index contributed by atoms with van der Waals surface area (Å²) in [4.78, 5) is 17.3. The van der Waals surface area contributed by atoms with Crippen LogP contribution >= 0.6 is 12.6 Å². The Morgan fingerprint density at radius 2 is 2.11 bits per heavy atom. The minimum atomic E-state index is 0.0924. The van der Waals surface area contributed by atoms with Crippen LogP contribution in [0.25, 0.3) is 0 Å². The second kappa shape index (κ2) is 6.44. The fraction of sp³-hybridized carbons (Fsp3) is 0.533. The Hall–Kier alpha value is -1.00. The topological polar surface area (TPSA) is 23.6 Å². The van der Waals surface area contributed by atoms with Crippen LogP contribution in [0.4, 0.5) is 0 Å². The quantitative estimate of drug-likeness (QED) is 0.858. The van der Waals surface area contributed by atoms with E-state index in [4.69, 9.17) is 0 Å². The molecule has 0 unspecified atom stereocenters. The van der Waals surface area contributed by atoms with Crippen LogP contribution in [0.5, 0.6) is 0 Å². The van der Waals surface area contributed by atoms with E-state index in [1.807, 2.05) is 36.2 Å². The fourth-order valence-corrected chi connectivity index (χ4v) is 2.80. The lowest BCUT2D eigenvalue weighted by molar-refractivity contribution is 0.0747. The number of likely N-dealkylation sites (tertiary alicyclic amines) is 1. The van der Waals surface area contributed by atoms with Crippen LogP contribution in [-0.2, 0) is 0 Å². The second-order valence-corrected chi connectivity index (χ2v) is 6.00. The average molecular weight is 278 g/mol. The van der Waals surface area contributed by atoms with Crippen molar-refractivity contribution in [2.45, 2.75) is 17.7 Å². The van der Waals surface area contributed by atoms with Crippen LogP contribution in [-0.4, -0.2) is 49.4 Å². The largest absolute Gasteiger partial charge is 0.341 e. The Kier molecular flexibility index (Phi) is 4.88. The summed E-state index contributed by atoms with van der Waals surface area (Å²) in [6.07, 6.45) is 2.36. The molecule has 0 atom stereocenters. The molecule has 1 fully saturated rings. The van der Waals surface area contributed by atoms with Gasteiger partial charge in [-0.05, 0) is 57.1 Å². The molecule has 4 heteroatoms. The third kappa shape index (κ3) is 3.98. The maximum Gasteiger partial charge on any atom is 0.253 e. The van der Waals surface area contributed by atoms with Crippen molar-refractivity contribution in [1.82, 2.24) is 9.80 Å². The summed E-state index contributed by atoms with van der Waals surface area (Å²) in [5, 5.41) is 0. The Balaban J connectivity index is 1.92. The predicted octanol–water partition coefficient (Wildman–Crippen LogP) is 2.39. The summed E-state index contributed by atoms with van der Waals surface area (Å²) in [7, 11) is 4.05. The number of nitrogens with zero attached hydrogens (tertiary/aromatic N) is 2. The van der Waals surface area contributed by atoms with Crippen molar-refractivity contribution < 1.29 is 4.79 Å². The summed E-state index contributed by atoms with van der Waals surface area (Å²) in [6, 6.07) is 7.44. The molecule has 1 saturated heterocycles. The van der Waals surface area contributed by atoms with Gasteiger partial charge in [0.2, 0.25) is 0 Å². The molecule has 1 aliphatic rings. The molecule has 104 valence electrons. The number of amides is 1. The lowest BCUT2D eigenvalue weighted by atomic mass is 9.96. The van der Waals surface area contributed by atoms with Gasteiger partial charge >= 0.3 is 0 Å². The number of benzene rings is 1. The molecule has 0 N–H and O–H groups in total. The molecule has 0 aromatic heterocycles. The van der Waals surface area contributed by atoms with Gasteiger partial charge in [-0.1, -0.05) is 6.07 Å². The number of thiol groups is 1. The van der Waals surface area contributed by atoms with E-state index < -0.39 is 0 Å². The molecule has 0 bridgehead atoms. The van der Waals surface area contributed by atoms with Crippen LogP contribution in [0.1, 0.15) is 23.2 Å². The zero-order valence-corrected chi connectivity index (χ0v) is 12.6. The third-order valence-electron chi connectivity index (χ3n) is 3.81. The van der Waals surface area contributed by atoms with Crippen molar-refractivity contribution in [1.29, 1.82) is 0 Å². The van der Waals surface area contributed by atoms with Gasteiger partial charge in [-0.25, -0.2) is 0 Å². The van der Waals surface area contributed by atoms with Crippen LogP contribution in [0.3, 0.4) is 0 Å². The van der Waals surface area contributed by atoms with E-state index in [1.54, 1.807) is 0 Å². The van der Waals surface area contributed by atoms with Gasteiger partial charge in [-0.3, -0.25) is 4.79 Å². The molecule has 0 radical (unpaired) electrons. The van der Waals surface area contributed by atoms with E-state index in [0.717, 1.165) is 30.1 Å². The summed E-state index contributed by atoms with van der Waals surface area (Å²) in [5.74, 6) is 0.721. The second-order valence-electron chi connectivity index (χ2n) is 5.48. The molecule has 3 nitrogen and oxygen atoms in total. The normalized spacial score (nSPS) is 17.4. The van der Waals surface area contributed by atoms with E-state index in [2.05, 4.69) is 24.6 Å². The monoisotopic (exact) mass is 278 g/mol. The number of piperidine rings is 1. The summed E-state index contributed by atoms with van der Waals surface area (Å²) in [6.45, 7) is 3.13. The zero-order chi connectivity index (χ0) is 13.8. The fourth-order valence-electron chi connectivity index (χ4n) is 2.57. The van der Waals surface area contributed by atoms with Gasteiger partial charge in [-0.15, -0.1) is 12.6 Å². The van der Waals surface area contributed by atoms with E-state index in [9.17, 15) is 4.79 Å². The molecule has 19 heavy (non-hydrogen) atoms. The first kappa shape index (κ1) is 14.4. The van der Waals surface area contributed by atoms with Gasteiger partial charge in [0.05, 0.1) is 0 Å². The molecule has 1 heterocycles. The maximum atomic E-state index is 12.3. The average Bonchev–Trinajstić information content (AvgIpc) is 2.40. The molecule has 1 aromatic rings. The molecule has 0 aliphatic carbocycles. The number of carbonyl (C=O) groups excluding carboxylic acids is 1. The minimum absolute atomic E-state index is 0.0924. The predicted molar refractivity (Wildman–Crippen MR) is 80.9 cm³/mol. The molecule has 1 amide bonds. The SMILES string of the molecule is CN1CCC(CN(C)C(=O)c2cccc(S)c2)CC1. The van der Waals surface area contributed by atoms with Crippen molar-refractivity contribution in [3.05, 3.63) is 29.8 Å². The molecule has 2 rings (SSSR count). The van der Waals surface area contributed by atoms with E-state index in [-0.39, 0.29) is 5.91 Å². The first-order valence-electron chi connectivity index (χ1n) is 6.79. The molecule has 1 aliphatic heterocycles. The highest BCUT2D eigenvalue weighted by molar-refractivity contribution is 7.80. The summed E-state index contributed by atoms with van der Waals surface area (Å²) >= 11 is 4.28. The number of hydrogen-bond donors (Lipinski definition) is 1. The van der Waals surface area contributed by atoms with Crippen molar-refractivity contribution in [3.63, 3.8) is 0 Å². The standard InChI is InChI=1S/C15H22N2OS/c1-16-8-6-12(7-9-16)11-17(2)15(18)13-4-3-5-14(19)10-13/h3-5,10,12,19H,6-9,11H2,1-2H3. The van der Waals surface area contributed by atoms with Crippen molar-refractivity contribution in [2.75, 3.05) is 33.7 Å². The molecule has 1 aromatic carbocycles. The minimum Gasteiger partial charge on any atom is -0.341 e. The van der Waals surface area contributed by atoms with Gasteiger partial charge < -0.3 is 9.80 Å². The van der Waals surface area contributed by atoms with E-state index >= 15 is 0 Å². The number of carbonyl (C=O) groups is 1. The van der Waals surface area contributed by atoms with Gasteiger partial charge in [0.15, 0.2) is 0 Å². The van der Waals surface area contributed by atoms with E-state index in [0.29, 0.717) is 5.92 Å². The van der Waals surface area contributed by atoms with Crippen molar-refractivity contribution in [2.24, 2.45) is 5.92 Å². The van der Waals surface area contributed by atoms with Crippen LogP contribution in [0.15, 0.2) is 29.2 Å². The highest BCUT2D eigenvalue weighted by Crippen LogP contribution is 2.18. The molecule has 0 saturated carbocycles. The van der Waals surface area contributed by atoms with Gasteiger partial charge in [0, 0.05) is 24.1 Å².